The number of ether oxygens (including phenoxy) is 1. The van der Waals surface area contributed by atoms with Crippen molar-refractivity contribution in [3.05, 3.63) is 66.3 Å². The zero-order valence-corrected chi connectivity index (χ0v) is 18.0. The van der Waals surface area contributed by atoms with Crippen LogP contribution in [0.4, 0.5) is 0 Å². The summed E-state index contributed by atoms with van der Waals surface area (Å²) in [7, 11) is 1.65. The molecule has 2 heterocycles. The zero-order chi connectivity index (χ0) is 20.9. The Labute approximate surface area is 179 Å². The minimum absolute atomic E-state index is 0.0570. The molecule has 2 aromatic heterocycles. The minimum atomic E-state index is -0.0570. The molecule has 7 nitrogen and oxygen atoms in total. The molecule has 30 heavy (non-hydrogen) atoms. The number of hydrogen-bond acceptors (Lipinski definition) is 7. The maximum absolute atomic E-state index is 5.46. The Morgan fingerprint density at radius 2 is 1.83 bits per heavy atom. The van der Waals surface area contributed by atoms with Gasteiger partial charge in [-0.1, -0.05) is 42.0 Å². The molecule has 0 bridgehead atoms. The molecule has 2 aromatic carbocycles. The van der Waals surface area contributed by atoms with Gasteiger partial charge in [0.05, 0.1) is 12.4 Å². The van der Waals surface area contributed by atoms with E-state index in [9.17, 15) is 0 Å². The van der Waals surface area contributed by atoms with E-state index in [-0.39, 0.29) is 5.25 Å². The molecular weight excluding hydrogens is 398 g/mol. The summed E-state index contributed by atoms with van der Waals surface area (Å²) in [5.41, 5.74) is 1.94. The Bertz CT molecular complexity index is 1090. The molecular formula is C22H23N5O2S. The van der Waals surface area contributed by atoms with Gasteiger partial charge in [0.2, 0.25) is 5.89 Å². The summed E-state index contributed by atoms with van der Waals surface area (Å²) in [6.07, 6.45) is 1.79. The Balaban J connectivity index is 1.69. The topological polar surface area (TPSA) is 78.9 Å². The van der Waals surface area contributed by atoms with Crippen LogP contribution >= 0.6 is 11.8 Å². The van der Waals surface area contributed by atoms with Gasteiger partial charge in [-0.25, -0.2) is 0 Å². The van der Waals surface area contributed by atoms with Gasteiger partial charge in [0.1, 0.15) is 5.75 Å². The lowest BCUT2D eigenvalue weighted by molar-refractivity contribution is 0.374. The Kier molecular flexibility index (Phi) is 6.13. The first-order chi connectivity index (χ1) is 14.7. The lowest BCUT2D eigenvalue weighted by Gasteiger charge is -2.12. The van der Waals surface area contributed by atoms with E-state index in [1.807, 2.05) is 66.1 Å². The second-order valence-electron chi connectivity index (χ2n) is 6.76. The number of nitrogens with zero attached hydrogens (tertiary/aromatic N) is 5. The van der Waals surface area contributed by atoms with Gasteiger partial charge < -0.3 is 9.26 Å². The number of benzene rings is 2. The molecule has 0 saturated heterocycles. The highest BCUT2D eigenvalue weighted by atomic mass is 32.2. The summed E-state index contributed by atoms with van der Waals surface area (Å²) in [4.78, 5) is 4.51. The van der Waals surface area contributed by atoms with E-state index in [1.165, 1.54) is 0 Å². The minimum Gasteiger partial charge on any atom is -0.497 e. The number of aryl methyl sites for hydroxylation is 1. The van der Waals surface area contributed by atoms with Crippen LogP contribution in [0.2, 0.25) is 0 Å². The lowest BCUT2D eigenvalue weighted by Crippen LogP contribution is -2.01. The van der Waals surface area contributed by atoms with Crippen LogP contribution in [0, 0.1) is 0 Å². The summed E-state index contributed by atoms with van der Waals surface area (Å²) in [5.74, 6) is 2.89. The summed E-state index contributed by atoms with van der Waals surface area (Å²) in [5, 5.41) is 13.7. The lowest BCUT2D eigenvalue weighted by atomic mass is 10.2. The fraction of sp³-hybridized carbons (Fsp3) is 0.273. The van der Waals surface area contributed by atoms with E-state index in [0.717, 1.165) is 46.6 Å². The highest BCUT2D eigenvalue weighted by Gasteiger charge is 2.22. The molecule has 8 heteroatoms. The van der Waals surface area contributed by atoms with Gasteiger partial charge in [0, 0.05) is 17.7 Å². The van der Waals surface area contributed by atoms with Crippen LogP contribution < -0.4 is 4.74 Å². The van der Waals surface area contributed by atoms with E-state index >= 15 is 0 Å². The number of aromatic nitrogens is 5. The molecule has 154 valence electrons. The van der Waals surface area contributed by atoms with Crippen LogP contribution in [-0.4, -0.2) is 32.0 Å². The SMILES string of the molecule is CCCc1noc([C@@H](C)Sc2nnc(-c3ccc(OC)cc3)n2-c2ccccc2)n1. The fourth-order valence-electron chi connectivity index (χ4n) is 3.05. The summed E-state index contributed by atoms with van der Waals surface area (Å²) in [6, 6.07) is 17.9. The van der Waals surface area contributed by atoms with E-state index in [0.29, 0.717) is 5.89 Å². The first-order valence-electron chi connectivity index (χ1n) is 9.84. The monoisotopic (exact) mass is 421 g/mol. The zero-order valence-electron chi connectivity index (χ0n) is 17.1. The molecule has 0 aliphatic rings. The van der Waals surface area contributed by atoms with Gasteiger partial charge in [-0.15, -0.1) is 10.2 Å². The van der Waals surface area contributed by atoms with Crippen LogP contribution in [0.15, 0.2) is 64.3 Å². The van der Waals surface area contributed by atoms with Crippen molar-refractivity contribution in [2.75, 3.05) is 7.11 Å². The third kappa shape index (κ3) is 4.23. The van der Waals surface area contributed by atoms with Crippen molar-refractivity contribution in [3.63, 3.8) is 0 Å². The summed E-state index contributed by atoms with van der Waals surface area (Å²) >= 11 is 1.54. The highest BCUT2D eigenvalue weighted by Crippen LogP contribution is 2.36. The molecule has 4 rings (SSSR count). The molecule has 0 fully saturated rings. The molecule has 0 aliphatic heterocycles. The number of methoxy groups -OCH3 is 1. The van der Waals surface area contributed by atoms with E-state index in [4.69, 9.17) is 9.26 Å². The van der Waals surface area contributed by atoms with Crippen molar-refractivity contribution < 1.29 is 9.26 Å². The molecule has 1 atom stereocenters. The van der Waals surface area contributed by atoms with Crippen LogP contribution in [0.25, 0.3) is 17.1 Å². The number of rotatable bonds is 8. The Morgan fingerprint density at radius 1 is 1.07 bits per heavy atom. The molecule has 0 saturated carbocycles. The summed E-state index contributed by atoms with van der Waals surface area (Å²) < 4.78 is 12.8. The van der Waals surface area contributed by atoms with Crippen LogP contribution in [0.5, 0.6) is 5.75 Å². The van der Waals surface area contributed by atoms with Crippen LogP contribution in [-0.2, 0) is 6.42 Å². The first kappa shape index (κ1) is 20.2. The van der Waals surface area contributed by atoms with Gasteiger partial charge in [0.25, 0.3) is 0 Å². The molecule has 0 N–H and O–H groups in total. The first-order valence-corrected chi connectivity index (χ1v) is 10.7. The van der Waals surface area contributed by atoms with E-state index in [2.05, 4.69) is 27.3 Å². The smallest absolute Gasteiger partial charge is 0.239 e. The maximum Gasteiger partial charge on any atom is 0.239 e. The molecule has 4 aromatic rings. The second-order valence-corrected chi connectivity index (χ2v) is 8.07. The number of thioether (sulfide) groups is 1. The van der Waals surface area contributed by atoms with Crippen molar-refractivity contribution in [1.29, 1.82) is 0 Å². The van der Waals surface area contributed by atoms with Gasteiger partial charge in [0.15, 0.2) is 16.8 Å². The molecule has 0 spiro atoms. The second kappa shape index (κ2) is 9.13. The Hall–Kier alpha value is -3.13. The largest absolute Gasteiger partial charge is 0.497 e. The van der Waals surface area contributed by atoms with Crippen molar-refractivity contribution in [2.45, 2.75) is 37.1 Å². The summed E-state index contributed by atoms with van der Waals surface area (Å²) in [6.45, 7) is 4.13. The average Bonchev–Trinajstić information content (AvgIpc) is 3.42. The average molecular weight is 422 g/mol. The molecule has 0 amide bonds. The van der Waals surface area contributed by atoms with Gasteiger partial charge >= 0.3 is 0 Å². The van der Waals surface area contributed by atoms with Crippen molar-refractivity contribution in [2.24, 2.45) is 0 Å². The quantitative estimate of drug-likeness (QED) is 0.365. The van der Waals surface area contributed by atoms with E-state index < -0.39 is 0 Å². The highest BCUT2D eigenvalue weighted by molar-refractivity contribution is 7.99. The molecule has 0 radical (unpaired) electrons. The van der Waals surface area contributed by atoms with Gasteiger partial charge in [-0.2, -0.15) is 4.98 Å². The van der Waals surface area contributed by atoms with Crippen LogP contribution in [0.3, 0.4) is 0 Å². The van der Waals surface area contributed by atoms with Crippen molar-refractivity contribution in [3.8, 4) is 22.8 Å². The van der Waals surface area contributed by atoms with E-state index in [1.54, 1.807) is 18.9 Å². The fourth-order valence-corrected chi connectivity index (χ4v) is 3.95. The predicted octanol–water partition coefficient (Wildman–Crippen LogP) is 5.13. The standard InChI is InChI=1S/C22H23N5O2S/c1-4-8-19-23-21(29-26-19)15(2)30-22-25-24-20(16-11-13-18(28-3)14-12-16)27(22)17-9-6-5-7-10-17/h5-7,9-15H,4,8H2,1-3H3/t15-/m1/s1. The number of hydrogen-bond donors (Lipinski definition) is 0. The van der Waals surface area contributed by atoms with Crippen molar-refractivity contribution in [1.82, 2.24) is 24.9 Å². The predicted molar refractivity (Wildman–Crippen MR) is 116 cm³/mol. The Morgan fingerprint density at radius 3 is 2.53 bits per heavy atom. The van der Waals surface area contributed by atoms with Gasteiger partial charge in [-0.3, -0.25) is 4.57 Å². The molecule has 0 aliphatic carbocycles. The number of para-hydroxylation sites is 1. The van der Waals surface area contributed by atoms with Crippen LogP contribution in [0.1, 0.15) is 37.2 Å². The van der Waals surface area contributed by atoms with Crippen molar-refractivity contribution >= 4 is 11.8 Å². The normalized spacial score (nSPS) is 12.1. The third-order valence-electron chi connectivity index (χ3n) is 4.58. The molecule has 0 unspecified atom stereocenters. The third-order valence-corrected chi connectivity index (χ3v) is 5.61. The maximum atomic E-state index is 5.46. The van der Waals surface area contributed by atoms with Gasteiger partial charge in [-0.05, 0) is 49.7 Å².